The first-order valence-corrected chi connectivity index (χ1v) is 6.74. The Balaban J connectivity index is 2.26. The van der Waals surface area contributed by atoms with Crippen LogP contribution in [0.5, 0.6) is 0 Å². The lowest BCUT2D eigenvalue weighted by Crippen LogP contribution is -2.29. The smallest absolute Gasteiger partial charge is 0.261 e. The third kappa shape index (κ3) is 2.43. The van der Waals surface area contributed by atoms with Crippen LogP contribution in [0, 0.1) is 5.92 Å². The van der Waals surface area contributed by atoms with Crippen LogP contribution in [0.15, 0.2) is 18.2 Å². The van der Waals surface area contributed by atoms with Crippen LogP contribution in [-0.2, 0) is 0 Å². The average Bonchev–Trinajstić information content (AvgIpc) is 2.67. The second kappa shape index (κ2) is 5.45. The molecule has 0 unspecified atom stereocenters. The predicted molar refractivity (Wildman–Crippen MR) is 74.7 cm³/mol. The molecule has 1 aliphatic heterocycles. The fraction of sp³-hybridized carbons (Fsp3) is 0.400. The molecule has 1 aliphatic rings. The summed E-state index contributed by atoms with van der Waals surface area (Å²) in [6.45, 7) is 6.66. The van der Waals surface area contributed by atoms with Crippen LogP contribution in [-0.4, -0.2) is 35.7 Å². The first-order chi connectivity index (χ1) is 9.45. The van der Waals surface area contributed by atoms with Gasteiger partial charge in [-0.05, 0) is 31.0 Å². The number of benzene rings is 1. The van der Waals surface area contributed by atoms with Crippen molar-refractivity contribution in [2.24, 2.45) is 5.92 Å². The van der Waals surface area contributed by atoms with Crippen molar-refractivity contribution in [3.05, 3.63) is 34.9 Å². The molecule has 5 heteroatoms. The first-order valence-electron chi connectivity index (χ1n) is 6.74. The first kappa shape index (κ1) is 14.2. The van der Waals surface area contributed by atoms with Crippen molar-refractivity contribution < 1.29 is 14.4 Å². The van der Waals surface area contributed by atoms with Gasteiger partial charge in [0, 0.05) is 18.7 Å². The van der Waals surface area contributed by atoms with E-state index in [2.05, 4.69) is 5.32 Å². The van der Waals surface area contributed by atoms with Crippen LogP contribution in [0.3, 0.4) is 0 Å². The summed E-state index contributed by atoms with van der Waals surface area (Å²) >= 11 is 0. The maximum absolute atomic E-state index is 12.1. The van der Waals surface area contributed by atoms with E-state index >= 15 is 0 Å². The highest BCUT2D eigenvalue weighted by molar-refractivity contribution is 6.22. The zero-order valence-corrected chi connectivity index (χ0v) is 11.9. The van der Waals surface area contributed by atoms with Gasteiger partial charge >= 0.3 is 0 Å². The van der Waals surface area contributed by atoms with Gasteiger partial charge in [-0.15, -0.1) is 0 Å². The van der Waals surface area contributed by atoms with Gasteiger partial charge < -0.3 is 5.32 Å². The van der Waals surface area contributed by atoms with E-state index in [9.17, 15) is 14.4 Å². The SMILES string of the molecule is CCN1C(=O)c2ccc(C(=O)NCC(C)C)cc2C1=O. The standard InChI is InChI=1S/C15H18N2O3/c1-4-17-14(19)11-6-5-10(7-12(11)15(17)20)13(18)16-8-9(2)3/h5-7,9H,4,8H2,1-3H3,(H,16,18). The predicted octanol–water partition coefficient (Wildman–Crippen LogP) is 1.69. The fourth-order valence-electron chi connectivity index (χ4n) is 2.12. The van der Waals surface area contributed by atoms with Crippen molar-refractivity contribution in [3.63, 3.8) is 0 Å². The summed E-state index contributed by atoms with van der Waals surface area (Å²) in [5.74, 6) is -0.489. The largest absolute Gasteiger partial charge is 0.352 e. The number of rotatable bonds is 4. The van der Waals surface area contributed by atoms with Crippen LogP contribution < -0.4 is 5.32 Å². The van der Waals surface area contributed by atoms with E-state index in [1.54, 1.807) is 19.1 Å². The Morgan fingerprint density at radius 1 is 1.20 bits per heavy atom. The summed E-state index contributed by atoms with van der Waals surface area (Å²) in [5.41, 5.74) is 1.09. The molecule has 1 aromatic carbocycles. The molecule has 2 rings (SSSR count). The Labute approximate surface area is 118 Å². The van der Waals surface area contributed by atoms with Gasteiger partial charge in [-0.1, -0.05) is 13.8 Å². The summed E-state index contributed by atoms with van der Waals surface area (Å²) in [5, 5.41) is 2.79. The molecule has 0 atom stereocenters. The lowest BCUT2D eigenvalue weighted by atomic mass is 10.1. The summed E-state index contributed by atoms with van der Waals surface area (Å²) < 4.78 is 0. The van der Waals surface area contributed by atoms with Gasteiger partial charge in [-0.3, -0.25) is 19.3 Å². The number of hydrogen-bond donors (Lipinski definition) is 1. The van der Waals surface area contributed by atoms with Gasteiger partial charge in [0.2, 0.25) is 0 Å². The number of nitrogens with zero attached hydrogens (tertiary/aromatic N) is 1. The molecular weight excluding hydrogens is 256 g/mol. The normalized spacial score (nSPS) is 13.9. The van der Waals surface area contributed by atoms with E-state index in [1.165, 1.54) is 11.0 Å². The maximum atomic E-state index is 12.1. The van der Waals surface area contributed by atoms with Gasteiger partial charge in [0.25, 0.3) is 17.7 Å². The quantitative estimate of drug-likeness (QED) is 0.850. The third-order valence-corrected chi connectivity index (χ3v) is 3.22. The van der Waals surface area contributed by atoms with E-state index in [4.69, 9.17) is 0 Å². The Bertz CT molecular complexity index is 578. The minimum Gasteiger partial charge on any atom is -0.352 e. The molecule has 1 N–H and O–H groups in total. The minimum absolute atomic E-state index is 0.225. The fourth-order valence-corrected chi connectivity index (χ4v) is 2.12. The Morgan fingerprint density at radius 3 is 2.45 bits per heavy atom. The number of imide groups is 1. The number of carbonyl (C=O) groups is 3. The second-order valence-corrected chi connectivity index (χ2v) is 5.22. The highest BCUT2D eigenvalue weighted by Crippen LogP contribution is 2.23. The highest BCUT2D eigenvalue weighted by Gasteiger charge is 2.34. The van der Waals surface area contributed by atoms with Crippen LogP contribution in [0.4, 0.5) is 0 Å². The Hall–Kier alpha value is -2.17. The summed E-state index contributed by atoms with van der Waals surface area (Å²) in [6.07, 6.45) is 0. The molecule has 5 nitrogen and oxygen atoms in total. The van der Waals surface area contributed by atoms with Gasteiger partial charge in [-0.2, -0.15) is 0 Å². The zero-order valence-electron chi connectivity index (χ0n) is 11.9. The van der Waals surface area contributed by atoms with E-state index in [0.29, 0.717) is 35.7 Å². The van der Waals surface area contributed by atoms with Crippen LogP contribution in [0.25, 0.3) is 0 Å². The third-order valence-electron chi connectivity index (χ3n) is 3.22. The van der Waals surface area contributed by atoms with Gasteiger partial charge in [-0.25, -0.2) is 0 Å². The molecule has 0 fully saturated rings. The summed E-state index contributed by atoms with van der Waals surface area (Å²) in [4.78, 5) is 37.1. The topological polar surface area (TPSA) is 66.5 Å². The second-order valence-electron chi connectivity index (χ2n) is 5.22. The Morgan fingerprint density at radius 2 is 1.85 bits per heavy atom. The number of nitrogens with one attached hydrogen (secondary N) is 1. The molecule has 3 amide bonds. The van der Waals surface area contributed by atoms with Gasteiger partial charge in [0.15, 0.2) is 0 Å². The van der Waals surface area contributed by atoms with Crippen molar-refractivity contribution in [2.45, 2.75) is 20.8 Å². The number of hydrogen-bond acceptors (Lipinski definition) is 3. The number of carbonyl (C=O) groups excluding carboxylic acids is 3. The average molecular weight is 274 g/mol. The van der Waals surface area contributed by atoms with Crippen molar-refractivity contribution in [2.75, 3.05) is 13.1 Å². The molecule has 0 bridgehead atoms. The van der Waals surface area contributed by atoms with Gasteiger partial charge in [0.1, 0.15) is 0 Å². The minimum atomic E-state index is -0.328. The van der Waals surface area contributed by atoms with Crippen molar-refractivity contribution in [1.82, 2.24) is 10.2 Å². The lowest BCUT2D eigenvalue weighted by molar-refractivity contribution is 0.0662. The molecule has 106 valence electrons. The van der Waals surface area contributed by atoms with Crippen LogP contribution in [0.1, 0.15) is 51.8 Å². The summed E-state index contributed by atoms with van der Waals surface area (Å²) in [7, 11) is 0. The van der Waals surface area contributed by atoms with Crippen LogP contribution in [0.2, 0.25) is 0 Å². The molecule has 1 heterocycles. The maximum Gasteiger partial charge on any atom is 0.261 e. The lowest BCUT2D eigenvalue weighted by Gasteiger charge is -2.09. The molecule has 0 radical (unpaired) electrons. The van der Waals surface area contributed by atoms with E-state index in [-0.39, 0.29) is 17.7 Å². The Kier molecular flexibility index (Phi) is 3.88. The molecule has 0 saturated carbocycles. The molecule has 0 aliphatic carbocycles. The highest BCUT2D eigenvalue weighted by atomic mass is 16.2. The molecule has 1 aromatic rings. The number of fused-ring (bicyclic) bond motifs is 1. The van der Waals surface area contributed by atoms with E-state index < -0.39 is 0 Å². The van der Waals surface area contributed by atoms with Gasteiger partial charge in [0.05, 0.1) is 11.1 Å². The molecular formula is C15H18N2O3. The molecule has 0 spiro atoms. The zero-order chi connectivity index (χ0) is 14.9. The van der Waals surface area contributed by atoms with E-state index in [1.807, 2.05) is 13.8 Å². The molecule has 0 aromatic heterocycles. The monoisotopic (exact) mass is 274 g/mol. The number of amides is 3. The van der Waals surface area contributed by atoms with E-state index in [0.717, 1.165) is 0 Å². The molecule has 0 saturated heterocycles. The summed E-state index contributed by atoms with van der Waals surface area (Å²) in [6, 6.07) is 4.63. The van der Waals surface area contributed by atoms with Crippen molar-refractivity contribution >= 4 is 17.7 Å². The van der Waals surface area contributed by atoms with Crippen LogP contribution >= 0.6 is 0 Å². The van der Waals surface area contributed by atoms with Crippen molar-refractivity contribution in [1.29, 1.82) is 0 Å². The van der Waals surface area contributed by atoms with Crippen molar-refractivity contribution in [3.8, 4) is 0 Å². The molecule has 20 heavy (non-hydrogen) atoms.